The maximum atomic E-state index is 13.6. The second kappa shape index (κ2) is 11.2. The van der Waals surface area contributed by atoms with Gasteiger partial charge in [-0.15, -0.1) is 5.01 Å². The van der Waals surface area contributed by atoms with Crippen LogP contribution < -0.4 is 5.32 Å². The Morgan fingerprint density at radius 1 is 0.897 bits per heavy atom. The molecule has 4 heterocycles. The van der Waals surface area contributed by atoms with E-state index in [-0.39, 0.29) is 34.7 Å². The van der Waals surface area contributed by atoms with Gasteiger partial charge in [-0.05, 0) is 80.5 Å². The van der Waals surface area contributed by atoms with Gasteiger partial charge in [0.05, 0.1) is 16.3 Å². The number of hydrazine groups is 1. The van der Waals surface area contributed by atoms with E-state index in [2.05, 4.69) is 12.2 Å². The first-order chi connectivity index (χ1) is 18.6. The fraction of sp³-hybridized carbons (Fsp3) is 0.714. The Balaban J connectivity index is 1.21. The number of hydrogen-bond acceptors (Lipinski definition) is 5. The van der Waals surface area contributed by atoms with Crippen LogP contribution in [-0.4, -0.2) is 84.1 Å². The van der Waals surface area contributed by atoms with E-state index in [4.69, 9.17) is 0 Å². The van der Waals surface area contributed by atoms with Crippen LogP contribution in [0, 0.1) is 28.6 Å². The molecule has 4 atom stereocenters. The minimum absolute atomic E-state index is 0.0769. The van der Waals surface area contributed by atoms with E-state index in [1.807, 2.05) is 16.8 Å². The number of carbonyl (C=O) groups excluding carboxylic acids is 2. The summed E-state index contributed by atoms with van der Waals surface area (Å²) in [7, 11) is -3.61. The van der Waals surface area contributed by atoms with Crippen molar-refractivity contribution in [3.8, 4) is 0 Å². The van der Waals surface area contributed by atoms with E-state index < -0.39 is 10.0 Å². The summed E-state index contributed by atoms with van der Waals surface area (Å²) in [5, 5.41) is 4.55. The van der Waals surface area contributed by atoms with Gasteiger partial charge in [-0.25, -0.2) is 8.42 Å². The van der Waals surface area contributed by atoms with Crippen LogP contribution in [-0.2, 0) is 19.6 Å². The highest BCUT2D eigenvalue weighted by Gasteiger charge is 2.59. The van der Waals surface area contributed by atoms with Crippen LogP contribution in [0.4, 0.5) is 5.69 Å². The maximum Gasteiger partial charge on any atom is 0.245 e. The second-order valence-electron chi connectivity index (χ2n) is 12.0. The number of hydrogen-bond donors (Lipinski definition) is 1. The van der Waals surface area contributed by atoms with E-state index in [9.17, 15) is 22.9 Å². The first-order valence-electron chi connectivity index (χ1n) is 14.5. The largest absolute Gasteiger partial charge is 0.342 e. The Bertz CT molecular complexity index is 1190. The highest BCUT2D eigenvalue weighted by Crippen LogP contribution is 2.42. The van der Waals surface area contributed by atoms with Crippen molar-refractivity contribution in [2.45, 2.75) is 76.3 Å². The number of sulfonamides is 1. The zero-order valence-corrected chi connectivity index (χ0v) is 24.1. The van der Waals surface area contributed by atoms with Crippen molar-refractivity contribution < 1.29 is 22.9 Å². The summed E-state index contributed by atoms with van der Waals surface area (Å²) in [6.45, 7) is 8.67. The summed E-state index contributed by atoms with van der Waals surface area (Å²) in [6, 6.07) is 5.87. The SMILES string of the molecule is CC(=O)Nc1ccc(S(=O)(=O)N2CCC(C3CCN4C(C3)C(C(=O)N3CCC(C)CC3)C(C)[N+]4=O)CC2)cc1. The smallest absolute Gasteiger partial charge is 0.245 e. The van der Waals surface area contributed by atoms with Gasteiger partial charge in [0, 0.05) is 45.7 Å². The van der Waals surface area contributed by atoms with E-state index in [1.54, 1.807) is 28.6 Å². The molecule has 4 aliphatic heterocycles. The van der Waals surface area contributed by atoms with E-state index in [0.29, 0.717) is 43.1 Å². The van der Waals surface area contributed by atoms with Crippen LogP contribution in [0.5, 0.6) is 0 Å². The van der Waals surface area contributed by atoms with Crippen LogP contribution in [0.25, 0.3) is 0 Å². The van der Waals surface area contributed by atoms with Gasteiger partial charge in [-0.3, -0.25) is 9.59 Å². The van der Waals surface area contributed by atoms with Crippen molar-refractivity contribution in [1.29, 1.82) is 0 Å². The fourth-order valence-electron chi connectivity index (χ4n) is 7.17. The standard InChI is InChI=1S/C28H41N5O5S/c1-19-8-13-30(14-9-19)28(35)27-20(2)33(36)32-17-12-23(18-26(27)32)22-10-15-31(16-11-22)39(37,38)25-6-4-24(5-7-25)29-21(3)34/h4-7,19-20,22-23,26-27H,8-18H2,1-3H3/p+1. The molecule has 4 fully saturated rings. The van der Waals surface area contributed by atoms with E-state index >= 15 is 0 Å². The topological polar surface area (TPSA) is 110 Å². The van der Waals surface area contributed by atoms with Crippen LogP contribution in [0.1, 0.15) is 59.3 Å². The van der Waals surface area contributed by atoms with Gasteiger partial charge in [0.1, 0.15) is 16.8 Å². The average molecular weight is 561 g/mol. The maximum absolute atomic E-state index is 13.6. The number of amides is 2. The Morgan fingerprint density at radius 3 is 2.13 bits per heavy atom. The third kappa shape index (κ3) is 5.57. The number of nitroso groups, excluding NO2 is 1. The van der Waals surface area contributed by atoms with Crippen molar-refractivity contribution in [3.05, 3.63) is 29.2 Å². The molecule has 4 unspecified atom stereocenters. The Kier molecular flexibility index (Phi) is 8.01. The molecule has 0 spiro atoms. The van der Waals surface area contributed by atoms with Gasteiger partial charge >= 0.3 is 0 Å². The first-order valence-corrected chi connectivity index (χ1v) is 15.9. The average Bonchev–Trinajstić information content (AvgIpc) is 3.17. The molecule has 2 amide bonds. The second-order valence-corrected chi connectivity index (χ2v) is 14.0. The number of carbonyl (C=O) groups is 2. The quantitative estimate of drug-likeness (QED) is 0.555. The lowest BCUT2D eigenvalue weighted by atomic mass is 9.74. The molecule has 39 heavy (non-hydrogen) atoms. The van der Waals surface area contributed by atoms with E-state index in [0.717, 1.165) is 56.5 Å². The molecule has 4 aliphatic rings. The summed E-state index contributed by atoms with van der Waals surface area (Å²) in [4.78, 5) is 41.1. The van der Waals surface area contributed by atoms with Crippen molar-refractivity contribution in [1.82, 2.24) is 14.2 Å². The lowest BCUT2D eigenvalue weighted by Crippen LogP contribution is -2.50. The normalized spacial score (nSPS) is 29.4. The van der Waals surface area contributed by atoms with Gasteiger partial charge in [0.25, 0.3) is 0 Å². The highest BCUT2D eigenvalue weighted by atomic mass is 32.2. The minimum Gasteiger partial charge on any atom is -0.342 e. The number of benzene rings is 1. The van der Waals surface area contributed by atoms with Crippen LogP contribution in [0.15, 0.2) is 29.2 Å². The number of nitrogens with zero attached hydrogens (tertiary/aromatic N) is 4. The molecule has 0 aliphatic carbocycles. The van der Waals surface area contributed by atoms with E-state index in [1.165, 1.54) is 6.92 Å². The third-order valence-electron chi connectivity index (χ3n) is 9.55. The molecule has 1 N–H and O–H groups in total. The number of anilines is 1. The molecule has 214 valence electrons. The third-order valence-corrected chi connectivity index (χ3v) is 11.5. The van der Waals surface area contributed by atoms with Crippen molar-refractivity contribution in [2.75, 3.05) is 38.0 Å². The minimum atomic E-state index is -3.61. The van der Waals surface area contributed by atoms with Gasteiger partial charge < -0.3 is 10.2 Å². The highest BCUT2D eigenvalue weighted by molar-refractivity contribution is 7.89. The molecule has 11 heteroatoms. The Labute approximate surface area is 231 Å². The molecule has 10 nitrogen and oxygen atoms in total. The van der Waals surface area contributed by atoms with Gasteiger partial charge in [0.15, 0.2) is 0 Å². The monoisotopic (exact) mass is 560 g/mol. The fourth-order valence-corrected chi connectivity index (χ4v) is 8.64. The number of piperidine rings is 3. The molecular weight excluding hydrogens is 518 g/mol. The Morgan fingerprint density at radius 2 is 1.51 bits per heavy atom. The van der Waals surface area contributed by atoms with Gasteiger partial charge in [0.2, 0.25) is 27.9 Å². The number of nitrogens with one attached hydrogen (secondary N) is 1. The molecule has 0 aromatic heterocycles. The molecular formula is C28H42N5O5S+. The predicted octanol–water partition coefficient (Wildman–Crippen LogP) is 3.10. The molecule has 5 rings (SSSR count). The van der Waals surface area contributed by atoms with Crippen LogP contribution in [0.2, 0.25) is 0 Å². The zero-order valence-electron chi connectivity index (χ0n) is 23.3. The molecule has 1 aromatic rings. The lowest BCUT2D eigenvalue weighted by molar-refractivity contribution is -0.716. The molecule has 4 saturated heterocycles. The summed E-state index contributed by atoms with van der Waals surface area (Å²) in [5.41, 5.74) is 0.566. The summed E-state index contributed by atoms with van der Waals surface area (Å²) in [5.74, 6) is 1.02. The molecule has 0 saturated carbocycles. The first kappa shape index (κ1) is 28.0. The Hall–Kier alpha value is -2.53. The molecule has 0 bridgehead atoms. The molecule has 1 aromatic carbocycles. The van der Waals surface area contributed by atoms with Gasteiger partial charge in [-0.2, -0.15) is 4.31 Å². The van der Waals surface area contributed by atoms with Crippen molar-refractivity contribution >= 4 is 27.5 Å². The summed E-state index contributed by atoms with van der Waals surface area (Å²) >= 11 is 0. The van der Waals surface area contributed by atoms with Crippen molar-refractivity contribution in [2.24, 2.45) is 23.7 Å². The zero-order chi connectivity index (χ0) is 27.9. The lowest BCUT2D eigenvalue weighted by Gasteiger charge is -2.40. The summed E-state index contributed by atoms with van der Waals surface area (Å²) in [6.07, 6.45) is 5.30. The summed E-state index contributed by atoms with van der Waals surface area (Å²) < 4.78 is 28.1. The number of fused-ring (bicyclic) bond motifs is 1. The van der Waals surface area contributed by atoms with Gasteiger partial charge in [-0.1, -0.05) is 6.92 Å². The van der Waals surface area contributed by atoms with Crippen LogP contribution in [0.3, 0.4) is 0 Å². The van der Waals surface area contributed by atoms with Crippen molar-refractivity contribution in [3.63, 3.8) is 0 Å². The number of likely N-dealkylation sites (tertiary alicyclic amines) is 1. The number of rotatable bonds is 5. The predicted molar refractivity (Wildman–Crippen MR) is 147 cm³/mol. The van der Waals surface area contributed by atoms with Crippen LogP contribution >= 0.6 is 0 Å². The molecule has 0 radical (unpaired) electrons.